The first-order valence-corrected chi connectivity index (χ1v) is 9.37. The number of ether oxygens (including phenoxy) is 1. The molecule has 2 aliphatic rings. The zero-order valence-corrected chi connectivity index (χ0v) is 15.2. The summed E-state index contributed by atoms with van der Waals surface area (Å²) in [5.41, 5.74) is 4.54. The molecule has 1 saturated heterocycles. The fourth-order valence-electron chi connectivity index (χ4n) is 4.37. The van der Waals surface area contributed by atoms with Gasteiger partial charge in [-0.2, -0.15) is 5.26 Å². The van der Waals surface area contributed by atoms with Crippen LogP contribution >= 0.6 is 0 Å². The van der Waals surface area contributed by atoms with E-state index in [1.807, 2.05) is 12.1 Å². The van der Waals surface area contributed by atoms with Crippen molar-refractivity contribution < 1.29 is 4.74 Å². The van der Waals surface area contributed by atoms with E-state index in [0.717, 1.165) is 13.0 Å². The maximum atomic E-state index is 9.38. The van der Waals surface area contributed by atoms with Crippen molar-refractivity contribution in [2.75, 3.05) is 7.11 Å². The summed E-state index contributed by atoms with van der Waals surface area (Å²) < 4.78 is 5.29. The van der Waals surface area contributed by atoms with E-state index < -0.39 is 0 Å². The van der Waals surface area contributed by atoms with Gasteiger partial charge < -0.3 is 4.74 Å². The number of methoxy groups -OCH3 is 1. The Hall–Kier alpha value is -2.57. The molecule has 0 saturated carbocycles. The van der Waals surface area contributed by atoms with Gasteiger partial charge in [0.25, 0.3) is 0 Å². The van der Waals surface area contributed by atoms with Crippen molar-refractivity contribution in [1.82, 2.24) is 4.90 Å². The van der Waals surface area contributed by atoms with Crippen LogP contribution in [0.5, 0.6) is 5.75 Å². The van der Waals surface area contributed by atoms with E-state index >= 15 is 0 Å². The Balaban J connectivity index is 1.61. The standard InChI is InChI=1S/C23H24N2O/c1-26-23-11-10-18(12-20(23)15-24)19-13-21-8-5-9-22(14-19)25(21)16-17-6-3-2-4-7-17/h2-4,6-7,10-13,21-22H,5,8-9,14,16H2,1H3. The van der Waals surface area contributed by atoms with Crippen LogP contribution in [0.2, 0.25) is 0 Å². The maximum absolute atomic E-state index is 9.38. The van der Waals surface area contributed by atoms with Crippen LogP contribution < -0.4 is 4.74 Å². The first-order chi connectivity index (χ1) is 12.8. The van der Waals surface area contributed by atoms with E-state index in [0.29, 0.717) is 23.4 Å². The molecule has 0 radical (unpaired) electrons. The lowest BCUT2D eigenvalue weighted by atomic mass is 9.82. The van der Waals surface area contributed by atoms with Gasteiger partial charge >= 0.3 is 0 Å². The Labute approximate surface area is 155 Å². The molecule has 2 aromatic rings. The van der Waals surface area contributed by atoms with E-state index in [4.69, 9.17) is 4.74 Å². The summed E-state index contributed by atoms with van der Waals surface area (Å²) in [6, 6.07) is 20.1. The van der Waals surface area contributed by atoms with Crippen molar-refractivity contribution in [3.05, 3.63) is 71.3 Å². The molecule has 4 rings (SSSR count). The van der Waals surface area contributed by atoms with Crippen LogP contribution in [-0.4, -0.2) is 24.1 Å². The molecule has 26 heavy (non-hydrogen) atoms. The minimum Gasteiger partial charge on any atom is -0.495 e. The van der Waals surface area contributed by atoms with Crippen LogP contribution in [0.15, 0.2) is 54.6 Å². The molecule has 3 nitrogen and oxygen atoms in total. The number of rotatable bonds is 4. The Bertz CT molecular complexity index is 850. The molecule has 2 atom stereocenters. The summed E-state index contributed by atoms with van der Waals surface area (Å²) in [5.74, 6) is 0.651. The van der Waals surface area contributed by atoms with Gasteiger partial charge in [-0.1, -0.05) is 48.9 Å². The van der Waals surface area contributed by atoms with Crippen LogP contribution in [-0.2, 0) is 6.54 Å². The third-order valence-corrected chi connectivity index (χ3v) is 5.68. The predicted octanol–water partition coefficient (Wildman–Crippen LogP) is 4.78. The second-order valence-electron chi connectivity index (χ2n) is 7.23. The van der Waals surface area contributed by atoms with Crippen molar-refractivity contribution in [2.24, 2.45) is 0 Å². The Kier molecular flexibility index (Phi) is 4.77. The summed E-state index contributed by atoms with van der Waals surface area (Å²) in [7, 11) is 1.61. The van der Waals surface area contributed by atoms with Crippen molar-refractivity contribution in [2.45, 2.75) is 44.3 Å². The van der Waals surface area contributed by atoms with Crippen molar-refractivity contribution >= 4 is 5.57 Å². The molecular formula is C23H24N2O. The topological polar surface area (TPSA) is 36.3 Å². The maximum Gasteiger partial charge on any atom is 0.136 e. The van der Waals surface area contributed by atoms with Gasteiger partial charge in [-0.25, -0.2) is 0 Å². The Morgan fingerprint density at radius 1 is 1.15 bits per heavy atom. The smallest absolute Gasteiger partial charge is 0.136 e. The lowest BCUT2D eigenvalue weighted by molar-refractivity contribution is 0.0951. The first-order valence-electron chi connectivity index (χ1n) is 9.37. The average Bonchev–Trinajstić information content (AvgIpc) is 2.68. The van der Waals surface area contributed by atoms with Crippen molar-refractivity contribution in [1.29, 1.82) is 5.26 Å². The molecule has 3 heteroatoms. The van der Waals surface area contributed by atoms with Gasteiger partial charge in [0, 0.05) is 18.6 Å². The van der Waals surface area contributed by atoms with Gasteiger partial charge in [-0.05, 0) is 48.1 Å². The molecule has 0 aromatic heterocycles. The highest BCUT2D eigenvalue weighted by molar-refractivity contribution is 5.70. The van der Waals surface area contributed by atoms with Gasteiger partial charge in [0.2, 0.25) is 0 Å². The van der Waals surface area contributed by atoms with Crippen LogP contribution in [0.1, 0.15) is 42.4 Å². The second-order valence-corrected chi connectivity index (χ2v) is 7.23. The molecule has 2 aromatic carbocycles. The van der Waals surface area contributed by atoms with Crippen molar-refractivity contribution in [3.8, 4) is 11.8 Å². The van der Waals surface area contributed by atoms with Crippen LogP contribution in [0.4, 0.5) is 0 Å². The Morgan fingerprint density at radius 2 is 2.00 bits per heavy atom. The third kappa shape index (κ3) is 3.25. The van der Waals surface area contributed by atoms with E-state index in [-0.39, 0.29) is 0 Å². The average molecular weight is 344 g/mol. The molecule has 0 spiro atoms. The summed E-state index contributed by atoms with van der Waals surface area (Å²) >= 11 is 0. The van der Waals surface area contributed by atoms with Gasteiger partial charge in [0.15, 0.2) is 0 Å². The summed E-state index contributed by atoms with van der Waals surface area (Å²) in [6.07, 6.45) is 7.26. The Morgan fingerprint density at radius 3 is 2.73 bits per heavy atom. The van der Waals surface area contributed by atoms with E-state index in [1.165, 1.54) is 36.0 Å². The molecule has 1 fully saturated rings. The number of hydrogen-bond donors (Lipinski definition) is 0. The largest absolute Gasteiger partial charge is 0.495 e. The highest BCUT2D eigenvalue weighted by Gasteiger charge is 2.34. The lowest BCUT2D eigenvalue weighted by Crippen LogP contribution is -2.47. The number of nitriles is 1. The number of fused-ring (bicyclic) bond motifs is 2. The highest BCUT2D eigenvalue weighted by atomic mass is 16.5. The first kappa shape index (κ1) is 16.9. The van der Waals surface area contributed by atoms with Crippen LogP contribution in [0.3, 0.4) is 0 Å². The molecule has 2 unspecified atom stereocenters. The molecule has 2 heterocycles. The van der Waals surface area contributed by atoms with Crippen LogP contribution in [0, 0.1) is 11.3 Å². The number of benzene rings is 2. The summed E-state index contributed by atoms with van der Waals surface area (Å²) in [4.78, 5) is 2.66. The zero-order valence-electron chi connectivity index (χ0n) is 15.2. The monoisotopic (exact) mass is 344 g/mol. The minimum absolute atomic E-state index is 0.491. The third-order valence-electron chi connectivity index (χ3n) is 5.68. The minimum atomic E-state index is 0.491. The van der Waals surface area contributed by atoms with Gasteiger partial charge in [-0.3, -0.25) is 4.90 Å². The van der Waals surface area contributed by atoms with Crippen LogP contribution in [0.25, 0.3) is 5.57 Å². The van der Waals surface area contributed by atoms with Gasteiger partial charge in [0.1, 0.15) is 11.8 Å². The quantitative estimate of drug-likeness (QED) is 0.801. The predicted molar refractivity (Wildman–Crippen MR) is 104 cm³/mol. The molecular weight excluding hydrogens is 320 g/mol. The number of hydrogen-bond acceptors (Lipinski definition) is 3. The van der Waals surface area contributed by atoms with Gasteiger partial charge in [-0.15, -0.1) is 0 Å². The van der Waals surface area contributed by atoms with E-state index in [1.54, 1.807) is 7.11 Å². The molecule has 2 aliphatic heterocycles. The zero-order chi connectivity index (χ0) is 17.9. The van der Waals surface area contributed by atoms with Gasteiger partial charge in [0.05, 0.1) is 12.7 Å². The highest BCUT2D eigenvalue weighted by Crippen LogP contribution is 2.38. The fraction of sp³-hybridized carbons (Fsp3) is 0.348. The summed E-state index contributed by atoms with van der Waals surface area (Å²) in [5, 5.41) is 9.38. The fourth-order valence-corrected chi connectivity index (χ4v) is 4.37. The second kappa shape index (κ2) is 7.35. The van der Waals surface area contributed by atoms with E-state index in [2.05, 4.69) is 53.4 Å². The number of piperidine rings is 1. The summed E-state index contributed by atoms with van der Waals surface area (Å²) in [6.45, 7) is 1.02. The van der Waals surface area contributed by atoms with Crippen molar-refractivity contribution in [3.63, 3.8) is 0 Å². The molecule has 2 bridgehead atoms. The number of nitrogens with zero attached hydrogens (tertiary/aromatic N) is 2. The molecule has 0 aliphatic carbocycles. The van der Waals surface area contributed by atoms with E-state index in [9.17, 15) is 5.26 Å². The SMILES string of the molecule is COc1ccc(C2=CC3CCCC(C2)N3Cc2ccccc2)cc1C#N. The molecule has 0 N–H and O–H groups in total. The lowest BCUT2D eigenvalue weighted by Gasteiger charge is -2.45. The normalized spacial score (nSPS) is 22.4. The molecule has 0 amide bonds. The molecule has 132 valence electrons.